The van der Waals surface area contributed by atoms with Gasteiger partial charge in [-0.3, -0.25) is 19.3 Å². The molecule has 0 radical (unpaired) electrons. The van der Waals surface area contributed by atoms with Gasteiger partial charge in [-0.25, -0.2) is 0 Å². The van der Waals surface area contributed by atoms with Gasteiger partial charge in [0.15, 0.2) is 6.54 Å². The Bertz CT molecular complexity index is 1260. The number of Topliss-reactive ketones (excluding diaryl/α,β-unsaturated/α-hetero) is 2. The van der Waals surface area contributed by atoms with Crippen LogP contribution in [0.15, 0.2) is 0 Å². The fraction of sp³-hybridized carbons (Fsp3) is 0.940. The number of halogens is 2. The number of nitrogens with zero attached hydrogens (tertiary/aromatic N) is 1. The van der Waals surface area contributed by atoms with Crippen LogP contribution in [0.3, 0.4) is 0 Å². The molecular formula is C50H108BrClN8O3. The zero-order valence-corrected chi connectivity index (χ0v) is 47.9. The number of rotatable bonds is 5. The highest BCUT2D eigenvalue weighted by Gasteiger charge is 2.43. The summed E-state index contributed by atoms with van der Waals surface area (Å²) in [5, 5.41) is 13.7. The van der Waals surface area contributed by atoms with E-state index in [1.807, 2.05) is 0 Å². The molecule has 4 fully saturated rings. The minimum atomic E-state index is -0.0150. The highest BCUT2D eigenvalue weighted by atomic mass is 79.9. The van der Waals surface area contributed by atoms with Gasteiger partial charge in [0, 0.05) is 82.0 Å². The zero-order chi connectivity index (χ0) is 48.8. The number of ketones is 2. The van der Waals surface area contributed by atoms with E-state index in [9.17, 15) is 14.4 Å². The van der Waals surface area contributed by atoms with Crippen LogP contribution < -0.4 is 67.9 Å². The van der Waals surface area contributed by atoms with Gasteiger partial charge in [-0.05, 0) is 168 Å². The van der Waals surface area contributed by atoms with Crippen LogP contribution >= 0.6 is 0 Å². The van der Waals surface area contributed by atoms with Crippen molar-refractivity contribution >= 4 is 17.5 Å². The molecule has 4 aliphatic rings. The van der Waals surface area contributed by atoms with Crippen molar-refractivity contribution in [2.24, 2.45) is 29.4 Å². The van der Waals surface area contributed by atoms with Crippen molar-refractivity contribution < 1.29 is 55.2 Å². The first-order chi connectivity index (χ1) is 27.1. The summed E-state index contributed by atoms with van der Waals surface area (Å²) in [6.45, 7) is 50.0. The van der Waals surface area contributed by atoms with Crippen molar-refractivity contribution in [2.45, 2.75) is 254 Å². The predicted octanol–water partition coefficient (Wildman–Crippen LogP) is 0.681. The average molecular weight is 985 g/mol. The van der Waals surface area contributed by atoms with Crippen molar-refractivity contribution in [3.63, 3.8) is 0 Å². The van der Waals surface area contributed by atoms with Gasteiger partial charge in [-0.1, -0.05) is 41.5 Å². The van der Waals surface area contributed by atoms with Crippen molar-refractivity contribution in [3.05, 3.63) is 0 Å². The van der Waals surface area contributed by atoms with Gasteiger partial charge in [-0.15, -0.1) is 0 Å². The Morgan fingerprint density at radius 3 is 1.19 bits per heavy atom. The summed E-state index contributed by atoms with van der Waals surface area (Å²) >= 11 is 0. The maximum absolute atomic E-state index is 11.4. The van der Waals surface area contributed by atoms with Crippen molar-refractivity contribution in [1.29, 1.82) is 0 Å². The van der Waals surface area contributed by atoms with Crippen LogP contribution in [0.25, 0.3) is 0 Å². The monoisotopic (exact) mass is 983 g/mol. The molecule has 12 N–H and O–H groups in total. The molecule has 4 aliphatic heterocycles. The lowest BCUT2D eigenvalue weighted by Crippen LogP contribution is -3.00. The Labute approximate surface area is 407 Å². The molecule has 0 aromatic heterocycles. The van der Waals surface area contributed by atoms with Gasteiger partial charge in [0.2, 0.25) is 0 Å². The summed E-state index contributed by atoms with van der Waals surface area (Å²) in [6.07, 6.45) is 7.18. The summed E-state index contributed by atoms with van der Waals surface area (Å²) in [7, 11) is 2.10. The smallest absolute Gasteiger partial charge is 0.275 e. The first-order valence-electron chi connectivity index (χ1n) is 23.8. The van der Waals surface area contributed by atoms with Crippen LogP contribution in [-0.2, 0) is 14.4 Å². The molecule has 1 amide bonds. The van der Waals surface area contributed by atoms with Crippen molar-refractivity contribution in [3.8, 4) is 0 Å². The third-order valence-electron chi connectivity index (χ3n) is 12.0. The minimum Gasteiger partial charge on any atom is -1.00 e. The standard InChI is InChI=1S/C11H23N3O.C10H22N2.C10H19NO.C9H17NO.C6H15N.C4H10.BrH.ClH/c1-10(2)5-8(13-9(15)7-12)6-11(3,4)14-10;1-9(2)5-8(7-11)6-10(3,4)12-9;1-9(2)6-8(12)7-10(3,4)11(9)5;1-8(2)5-7(11)6-9(3,4)10-8;1-5(2)6(3)4-7;1-4(2)3;;/h8,14H,5-7,12H2,1-4H3,(H,13,15);8,12H,5-7,11H2,1-4H3;6-7H2,1-5H3;10H,5-6H2,1-4H3;5-6H,4,7H2,1-3H3;4H,1-3H3;2*1H. The Kier molecular flexibility index (Phi) is 30.6. The van der Waals surface area contributed by atoms with Crippen LogP contribution in [0.4, 0.5) is 0 Å². The Hall–Kier alpha value is -0.700. The van der Waals surface area contributed by atoms with E-state index in [1.54, 1.807) is 0 Å². The molecule has 4 saturated heterocycles. The van der Waals surface area contributed by atoms with Crippen LogP contribution in [-0.4, -0.2) is 99.4 Å². The van der Waals surface area contributed by atoms with Gasteiger partial charge in [0.1, 0.15) is 11.6 Å². The highest BCUT2D eigenvalue weighted by molar-refractivity contribution is 5.82. The molecule has 0 aromatic carbocycles. The van der Waals surface area contributed by atoms with E-state index < -0.39 is 0 Å². The van der Waals surface area contributed by atoms with Gasteiger partial charge < -0.3 is 67.9 Å². The lowest BCUT2D eigenvalue weighted by Gasteiger charge is -2.50. The van der Waals surface area contributed by atoms with Gasteiger partial charge >= 0.3 is 0 Å². The van der Waals surface area contributed by atoms with E-state index in [4.69, 9.17) is 5.73 Å². The molecule has 0 bridgehead atoms. The summed E-state index contributed by atoms with van der Waals surface area (Å²) in [4.78, 5) is 36.3. The maximum atomic E-state index is 11.4. The predicted molar refractivity (Wildman–Crippen MR) is 261 cm³/mol. The number of nitrogens with two attached hydrogens (primary N) is 1. The van der Waals surface area contributed by atoms with Crippen molar-refractivity contribution in [1.82, 2.24) is 26.2 Å². The van der Waals surface area contributed by atoms with Crippen LogP contribution in [0.1, 0.15) is 204 Å². The second-order valence-electron chi connectivity index (χ2n) is 25.3. The fourth-order valence-corrected chi connectivity index (χ4v) is 9.87. The molecule has 13 heteroatoms. The Morgan fingerprint density at radius 1 is 0.635 bits per heavy atom. The number of likely N-dealkylation sites (tertiary alicyclic amines) is 1. The van der Waals surface area contributed by atoms with E-state index in [0.29, 0.717) is 60.8 Å². The number of amides is 1. The largest absolute Gasteiger partial charge is 1.00 e. The number of carbonyl (C=O) groups excluding carboxylic acids is 3. The number of quaternary nitrogens is 2. The molecule has 63 heavy (non-hydrogen) atoms. The SMILES string of the molecule is CC(C)C.CC(C)C(C)CN.CC1(C)CC(=O)CC(C)(C)N1.CC1(C)CC(C[NH3+])CC(C)(C)N1.CC1(C)CC(NC(=O)C[NH3+])CC(C)(C)N1.CN1C(C)(C)CC(=O)CC1(C)C.[Br-].[Cl-]. The summed E-state index contributed by atoms with van der Waals surface area (Å²) in [5.74, 6) is 3.87. The molecule has 1 atom stereocenters. The van der Waals surface area contributed by atoms with E-state index in [0.717, 1.165) is 43.7 Å². The second kappa shape index (κ2) is 28.0. The van der Waals surface area contributed by atoms with Crippen molar-refractivity contribution in [2.75, 3.05) is 26.7 Å². The van der Waals surface area contributed by atoms with Crippen LogP contribution in [0.5, 0.6) is 0 Å². The van der Waals surface area contributed by atoms with Crippen LogP contribution in [0, 0.1) is 23.7 Å². The second-order valence-corrected chi connectivity index (χ2v) is 25.3. The lowest BCUT2D eigenvalue weighted by molar-refractivity contribution is -0.382. The zero-order valence-electron chi connectivity index (χ0n) is 45.6. The number of piperidine rings is 4. The van der Waals surface area contributed by atoms with Gasteiger partial charge in [-0.2, -0.15) is 0 Å². The number of hydrogen-bond donors (Lipinski definition) is 7. The van der Waals surface area contributed by atoms with E-state index in [2.05, 4.69) is 197 Å². The summed E-state index contributed by atoms with van der Waals surface area (Å²) < 4.78 is 0. The summed E-state index contributed by atoms with van der Waals surface area (Å²) in [6, 6.07) is 0.269. The molecule has 11 nitrogen and oxygen atoms in total. The quantitative estimate of drug-likeness (QED) is 0.210. The van der Waals surface area contributed by atoms with E-state index in [1.165, 1.54) is 12.8 Å². The Morgan fingerprint density at radius 2 is 0.937 bits per heavy atom. The molecule has 4 heterocycles. The molecule has 0 aliphatic carbocycles. The Balaban J connectivity index is -0.000000340. The topological polar surface area (TPSA) is 184 Å². The minimum absolute atomic E-state index is 0. The molecule has 4 rings (SSSR count). The van der Waals surface area contributed by atoms with Gasteiger partial charge in [0.05, 0.1) is 6.54 Å². The molecular weight excluding hydrogens is 876 g/mol. The number of hydrogen-bond acceptors (Lipinski definition) is 8. The first-order valence-corrected chi connectivity index (χ1v) is 23.8. The third-order valence-corrected chi connectivity index (χ3v) is 12.0. The number of carbonyl (C=O) groups is 3. The summed E-state index contributed by atoms with van der Waals surface area (Å²) in [5.41, 5.74) is 13.8. The molecule has 0 saturated carbocycles. The van der Waals surface area contributed by atoms with E-state index >= 15 is 0 Å². The molecule has 380 valence electrons. The average Bonchev–Trinajstić information content (AvgIpc) is 2.99. The molecule has 0 spiro atoms. The lowest BCUT2D eigenvalue weighted by atomic mass is 9.76. The number of nitrogens with one attached hydrogen (secondary N) is 4. The highest BCUT2D eigenvalue weighted by Crippen LogP contribution is 2.35. The normalized spacial score (nSPS) is 24.1. The maximum Gasteiger partial charge on any atom is 0.275 e. The molecule has 0 aromatic rings. The molecule has 1 unspecified atom stereocenters. The third kappa shape index (κ3) is 31.1. The van der Waals surface area contributed by atoms with E-state index in [-0.39, 0.29) is 74.6 Å². The first kappa shape index (κ1) is 68.9. The fourth-order valence-electron chi connectivity index (χ4n) is 9.87. The van der Waals surface area contributed by atoms with Crippen LogP contribution in [0.2, 0.25) is 0 Å². The van der Waals surface area contributed by atoms with Gasteiger partial charge in [0.25, 0.3) is 5.91 Å².